The van der Waals surface area contributed by atoms with E-state index in [-0.39, 0.29) is 12.1 Å². The number of benzene rings is 1. The third-order valence-corrected chi connectivity index (χ3v) is 7.34. The van der Waals surface area contributed by atoms with Crippen LogP contribution in [0.25, 0.3) is 21.9 Å². The Morgan fingerprint density at radius 3 is 2.82 bits per heavy atom. The van der Waals surface area contributed by atoms with Crippen LogP contribution in [0.5, 0.6) is 0 Å². The van der Waals surface area contributed by atoms with E-state index in [1.807, 2.05) is 35.0 Å². The number of rotatable bonds is 3. The first-order valence-electron chi connectivity index (χ1n) is 11.1. The highest BCUT2D eigenvalue weighted by atomic mass is 16.5. The van der Waals surface area contributed by atoms with E-state index < -0.39 is 17.6 Å². The summed E-state index contributed by atoms with van der Waals surface area (Å²) >= 11 is 0. The Morgan fingerprint density at radius 2 is 1.94 bits per heavy atom. The molecule has 0 amide bonds. The summed E-state index contributed by atoms with van der Waals surface area (Å²) < 4.78 is 8.06. The first-order valence-corrected chi connectivity index (χ1v) is 11.1. The Morgan fingerprint density at radius 1 is 1.09 bits per heavy atom. The van der Waals surface area contributed by atoms with Crippen LogP contribution in [0.1, 0.15) is 24.4 Å². The SMILES string of the molecule is Nc1ccc2ccc(CC3CC4(CO3)CC(n3ccc5c(N)ncnc53)C(O)C4O)cc2n1. The van der Waals surface area contributed by atoms with Crippen LogP contribution in [0.3, 0.4) is 0 Å². The van der Waals surface area contributed by atoms with Crippen molar-refractivity contribution < 1.29 is 14.9 Å². The van der Waals surface area contributed by atoms with Gasteiger partial charge in [0.05, 0.1) is 35.8 Å². The Hall–Kier alpha value is -3.27. The van der Waals surface area contributed by atoms with E-state index in [1.165, 1.54) is 6.33 Å². The van der Waals surface area contributed by atoms with Gasteiger partial charge in [-0.25, -0.2) is 15.0 Å². The van der Waals surface area contributed by atoms with Gasteiger partial charge in [-0.05, 0) is 49.1 Å². The Bertz CT molecular complexity index is 1360. The van der Waals surface area contributed by atoms with Gasteiger partial charge in [0.15, 0.2) is 0 Å². The van der Waals surface area contributed by atoms with Crippen molar-refractivity contribution in [3.05, 3.63) is 54.5 Å². The van der Waals surface area contributed by atoms with Crippen LogP contribution in [-0.4, -0.2) is 54.7 Å². The standard InChI is InChI=1S/C24H26N6O3/c25-19-4-3-14-2-1-13(8-17(14)29-19)7-15-9-24(11-33-15)10-18(20(31)21(24)32)30-6-5-16-22(26)27-12-28-23(16)30/h1-6,8,12,15,18,20-21,31-32H,7,9-11H2,(H2,25,29)(H2,26,27,28). The molecule has 1 saturated carbocycles. The van der Waals surface area contributed by atoms with Gasteiger partial charge in [0, 0.05) is 17.0 Å². The van der Waals surface area contributed by atoms with Crippen molar-refractivity contribution in [2.45, 2.75) is 43.6 Å². The highest BCUT2D eigenvalue weighted by Crippen LogP contribution is 2.52. The molecular weight excluding hydrogens is 420 g/mol. The summed E-state index contributed by atoms with van der Waals surface area (Å²) in [7, 11) is 0. The minimum absolute atomic E-state index is 0.0523. The zero-order chi connectivity index (χ0) is 22.7. The van der Waals surface area contributed by atoms with E-state index in [9.17, 15) is 10.2 Å². The summed E-state index contributed by atoms with van der Waals surface area (Å²) in [5.74, 6) is 0.895. The van der Waals surface area contributed by atoms with E-state index in [1.54, 1.807) is 6.07 Å². The molecule has 1 aromatic carbocycles. The highest BCUT2D eigenvalue weighted by molar-refractivity contribution is 5.86. The molecule has 1 aliphatic carbocycles. The van der Waals surface area contributed by atoms with E-state index >= 15 is 0 Å². The Kier molecular flexibility index (Phi) is 4.55. The van der Waals surface area contributed by atoms with Crippen molar-refractivity contribution in [3.63, 3.8) is 0 Å². The molecule has 2 fully saturated rings. The fourth-order valence-electron chi connectivity index (χ4n) is 5.65. The molecule has 3 aromatic heterocycles. The summed E-state index contributed by atoms with van der Waals surface area (Å²) in [6.07, 6.45) is 3.38. The molecule has 170 valence electrons. The molecule has 4 aromatic rings. The van der Waals surface area contributed by atoms with Crippen molar-refractivity contribution >= 4 is 33.6 Å². The van der Waals surface area contributed by atoms with Crippen molar-refractivity contribution in [2.75, 3.05) is 18.1 Å². The van der Waals surface area contributed by atoms with Gasteiger partial charge in [-0.3, -0.25) is 0 Å². The van der Waals surface area contributed by atoms with Gasteiger partial charge in [0.25, 0.3) is 0 Å². The highest BCUT2D eigenvalue weighted by Gasteiger charge is 2.57. The second-order valence-corrected chi connectivity index (χ2v) is 9.39. The fraction of sp³-hybridized carbons (Fsp3) is 0.375. The van der Waals surface area contributed by atoms with Crippen molar-refractivity contribution in [1.82, 2.24) is 19.5 Å². The molecule has 5 atom stereocenters. The predicted molar refractivity (Wildman–Crippen MR) is 124 cm³/mol. The lowest BCUT2D eigenvalue weighted by Gasteiger charge is -2.26. The van der Waals surface area contributed by atoms with E-state index in [2.05, 4.69) is 21.0 Å². The third-order valence-electron chi connectivity index (χ3n) is 7.34. The van der Waals surface area contributed by atoms with Gasteiger partial charge in [0.2, 0.25) is 0 Å². The summed E-state index contributed by atoms with van der Waals surface area (Å²) in [6, 6.07) is 11.4. The molecule has 6 N–H and O–H groups in total. The molecule has 9 heteroatoms. The van der Waals surface area contributed by atoms with E-state index in [4.69, 9.17) is 16.2 Å². The number of hydrogen-bond donors (Lipinski definition) is 4. The van der Waals surface area contributed by atoms with Gasteiger partial charge in [-0.1, -0.05) is 12.1 Å². The van der Waals surface area contributed by atoms with E-state index in [0.717, 1.165) is 21.9 Å². The van der Waals surface area contributed by atoms with Crippen LogP contribution in [0.2, 0.25) is 0 Å². The van der Waals surface area contributed by atoms with Crippen molar-refractivity contribution in [2.24, 2.45) is 5.41 Å². The average Bonchev–Trinajstić information content (AvgIpc) is 3.47. The molecule has 1 aliphatic heterocycles. The monoisotopic (exact) mass is 446 g/mol. The normalized spacial score (nSPS) is 29.5. The zero-order valence-electron chi connectivity index (χ0n) is 18.0. The van der Waals surface area contributed by atoms with Crippen LogP contribution in [0.4, 0.5) is 11.6 Å². The summed E-state index contributed by atoms with van der Waals surface area (Å²) in [5.41, 5.74) is 13.9. The molecule has 0 bridgehead atoms. The van der Waals surface area contributed by atoms with Crippen molar-refractivity contribution in [1.29, 1.82) is 0 Å². The lowest BCUT2D eigenvalue weighted by molar-refractivity contribution is -0.0308. The number of nitrogens with zero attached hydrogens (tertiary/aromatic N) is 4. The molecule has 1 spiro atoms. The average molecular weight is 447 g/mol. The molecule has 5 unspecified atom stereocenters. The number of aliphatic hydroxyl groups excluding tert-OH is 2. The molecule has 4 heterocycles. The zero-order valence-corrected chi connectivity index (χ0v) is 18.0. The Labute approximate surface area is 190 Å². The maximum atomic E-state index is 11.1. The first-order chi connectivity index (χ1) is 15.9. The summed E-state index contributed by atoms with van der Waals surface area (Å²) in [6.45, 7) is 0.404. The van der Waals surface area contributed by atoms with Crippen LogP contribution in [0, 0.1) is 5.41 Å². The maximum absolute atomic E-state index is 11.1. The number of aliphatic hydroxyl groups is 2. The minimum atomic E-state index is -0.924. The number of pyridine rings is 1. The second kappa shape index (κ2) is 7.38. The molecule has 33 heavy (non-hydrogen) atoms. The van der Waals surface area contributed by atoms with Crippen molar-refractivity contribution in [3.8, 4) is 0 Å². The molecule has 1 saturated heterocycles. The Balaban J connectivity index is 1.23. The lowest BCUT2D eigenvalue weighted by Crippen LogP contribution is -2.37. The van der Waals surface area contributed by atoms with E-state index in [0.29, 0.717) is 43.2 Å². The second-order valence-electron chi connectivity index (χ2n) is 9.39. The van der Waals surface area contributed by atoms with Crippen LogP contribution in [-0.2, 0) is 11.2 Å². The fourth-order valence-corrected chi connectivity index (χ4v) is 5.65. The van der Waals surface area contributed by atoms with Crippen LogP contribution >= 0.6 is 0 Å². The minimum Gasteiger partial charge on any atom is -0.390 e. The largest absolute Gasteiger partial charge is 0.390 e. The molecular formula is C24H26N6O3. The number of nitrogens with two attached hydrogens (primary N) is 2. The lowest BCUT2D eigenvalue weighted by atomic mass is 9.80. The molecule has 9 nitrogen and oxygen atoms in total. The first kappa shape index (κ1) is 20.3. The number of aromatic nitrogens is 4. The molecule has 0 radical (unpaired) electrons. The predicted octanol–water partition coefficient (Wildman–Crippen LogP) is 1.83. The summed E-state index contributed by atoms with van der Waals surface area (Å²) in [4.78, 5) is 12.8. The molecule has 2 aliphatic rings. The van der Waals surface area contributed by atoms with Gasteiger partial charge >= 0.3 is 0 Å². The van der Waals surface area contributed by atoms with Gasteiger partial charge in [-0.15, -0.1) is 0 Å². The quantitative estimate of drug-likeness (QED) is 0.373. The van der Waals surface area contributed by atoms with Gasteiger partial charge in [-0.2, -0.15) is 0 Å². The topological polar surface area (TPSA) is 145 Å². The maximum Gasteiger partial charge on any atom is 0.145 e. The van der Waals surface area contributed by atoms with Gasteiger partial charge in [0.1, 0.15) is 29.7 Å². The third kappa shape index (κ3) is 3.23. The van der Waals surface area contributed by atoms with Gasteiger partial charge < -0.3 is 31.0 Å². The number of anilines is 2. The number of hydrogen-bond acceptors (Lipinski definition) is 8. The smallest absolute Gasteiger partial charge is 0.145 e. The number of nitrogen functional groups attached to an aromatic ring is 2. The number of ether oxygens (including phenoxy) is 1. The van der Waals surface area contributed by atoms with Crippen LogP contribution < -0.4 is 11.5 Å². The molecule has 6 rings (SSSR count). The number of fused-ring (bicyclic) bond motifs is 2. The summed E-state index contributed by atoms with van der Waals surface area (Å²) in [5, 5.41) is 23.8. The van der Waals surface area contributed by atoms with Crippen LogP contribution in [0.15, 0.2) is 48.9 Å².